The highest BCUT2D eigenvalue weighted by Crippen LogP contribution is 2.05. The first-order chi connectivity index (χ1) is 9.06. The molecule has 1 rings (SSSR count). The van der Waals surface area contributed by atoms with E-state index in [0.717, 1.165) is 0 Å². The van der Waals surface area contributed by atoms with Crippen molar-refractivity contribution in [3.63, 3.8) is 0 Å². The summed E-state index contributed by atoms with van der Waals surface area (Å²) in [5.74, 6) is -0.736. The first kappa shape index (κ1) is 15.3. The van der Waals surface area contributed by atoms with Crippen molar-refractivity contribution >= 4 is 11.7 Å². The van der Waals surface area contributed by atoms with E-state index in [0.29, 0.717) is 18.7 Å². The zero-order chi connectivity index (χ0) is 14.3. The summed E-state index contributed by atoms with van der Waals surface area (Å²) in [4.78, 5) is 25.1. The summed E-state index contributed by atoms with van der Waals surface area (Å²) in [5.41, 5.74) is 0.328. The van der Waals surface area contributed by atoms with Crippen LogP contribution in [0.25, 0.3) is 0 Å². The maximum absolute atomic E-state index is 13.0. The van der Waals surface area contributed by atoms with E-state index in [9.17, 15) is 14.0 Å². The standard InChI is InChI=1S/C14H19FN2O2/c1-3-16-14(19)10-17(4-2)9-13(18)11-6-5-7-12(15)8-11/h5-8H,3-4,9-10H2,1-2H3,(H,16,19). The maximum atomic E-state index is 13.0. The topological polar surface area (TPSA) is 49.4 Å². The SMILES string of the molecule is CCNC(=O)CN(CC)CC(=O)c1cccc(F)c1. The smallest absolute Gasteiger partial charge is 0.234 e. The average molecular weight is 266 g/mol. The van der Waals surface area contributed by atoms with Crippen LogP contribution in [0.4, 0.5) is 4.39 Å². The summed E-state index contributed by atoms with van der Waals surface area (Å²) < 4.78 is 13.0. The van der Waals surface area contributed by atoms with Crippen LogP contribution in [-0.2, 0) is 4.79 Å². The highest BCUT2D eigenvalue weighted by molar-refractivity contribution is 5.97. The van der Waals surface area contributed by atoms with Crippen LogP contribution < -0.4 is 5.32 Å². The van der Waals surface area contributed by atoms with Crippen molar-refractivity contribution in [3.8, 4) is 0 Å². The normalized spacial score (nSPS) is 10.5. The Hall–Kier alpha value is -1.75. The molecule has 0 unspecified atom stereocenters. The molecular weight excluding hydrogens is 247 g/mol. The molecule has 19 heavy (non-hydrogen) atoms. The van der Waals surface area contributed by atoms with E-state index in [-0.39, 0.29) is 24.8 Å². The molecule has 1 aromatic rings. The summed E-state index contributed by atoms with van der Waals surface area (Å²) in [7, 11) is 0. The number of carbonyl (C=O) groups is 2. The van der Waals surface area contributed by atoms with Crippen LogP contribution in [0, 0.1) is 5.82 Å². The van der Waals surface area contributed by atoms with Gasteiger partial charge in [-0.1, -0.05) is 19.1 Å². The predicted octanol–water partition coefficient (Wildman–Crippen LogP) is 1.47. The minimum atomic E-state index is -0.433. The number of likely N-dealkylation sites (N-methyl/N-ethyl adjacent to an activating group) is 2. The molecular formula is C14H19FN2O2. The molecule has 0 aliphatic rings. The molecule has 0 spiro atoms. The second kappa shape index (κ2) is 7.63. The molecule has 1 N–H and O–H groups in total. The number of rotatable bonds is 7. The van der Waals surface area contributed by atoms with Gasteiger partial charge in [0, 0.05) is 12.1 Å². The molecule has 5 heteroatoms. The average Bonchev–Trinajstić information content (AvgIpc) is 2.38. The molecule has 4 nitrogen and oxygen atoms in total. The number of amides is 1. The summed E-state index contributed by atoms with van der Waals surface area (Å²) in [5, 5.41) is 2.68. The van der Waals surface area contributed by atoms with Gasteiger partial charge in [0.15, 0.2) is 5.78 Å². The molecule has 0 radical (unpaired) electrons. The summed E-state index contributed by atoms with van der Waals surface area (Å²) in [6.45, 7) is 5.14. The van der Waals surface area contributed by atoms with E-state index in [4.69, 9.17) is 0 Å². The lowest BCUT2D eigenvalue weighted by Gasteiger charge is -2.18. The van der Waals surface area contributed by atoms with Crippen molar-refractivity contribution < 1.29 is 14.0 Å². The molecule has 0 bridgehead atoms. The molecule has 0 saturated carbocycles. The first-order valence-electron chi connectivity index (χ1n) is 6.34. The van der Waals surface area contributed by atoms with Gasteiger partial charge in [-0.3, -0.25) is 14.5 Å². The van der Waals surface area contributed by atoms with Crippen molar-refractivity contribution in [2.75, 3.05) is 26.2 Å². The highest BCUT2D eigenvalue weighted by Gasteiger charge is 2.14. The summed E-state index contributed by atoms with van der Waals surface area (Å²) in [6, 6.07) is 5.58. The lowest BCUT2D eigenvalue weighted by atomic mass is 10.1. The molecule has 0 aromatic heterocycles. The van der Waals surface area contributed by atoms with Gasteiger partial charge in [0.25, 0.3) is 0 Å². The Morgan fingerprint density at radius 2 is 2.00 bits per heavy atom. The Kier molecular flexibility index (Phi) is 6.15. The van der Waals surface area contributed by atoms with Gasteiger partial charge in [-0.15, -0.1) is 0 Å². The van der Waals surface area contributed by atoms with Crippen LogP contribution in [0.15, 0.2) is 24.3 Å². The molecule has 1 amide bonds. The van der Waals surface area contributed by atoms with E-state index in [1.54, 1.807) is 11.0 Å². The number of benzene rings is 1. The van der Waals surface area contributed by atoms with Crippen molar-refractivity contribution in [2.24, 2.45) is 0 Å². The fourth-order valence-electron chi connectivity index (χ4n) is 1.69. The molecule has 104 valence electrons. The summed E-state index contributed by atoms with van der Waals surface area (Å²) >= 11 is 0. The van der Waals surface area contributed by atoms with Crippen LogP contribution in [-0.4, -0.2) is 42.8 Å². The third-order valence-electron chi connectivity index (χ3n) is 2.70. The van der Waals surface area contributed by atoms with Crippen LogP contribution in [0.3, 0.4) is 0 Å². The monoisotopic (exact) mass is 266 g/mol. The molecule has 1 aromatic carbocycles. The third kappa shape index (κ3) is 5.18. The Morgan fingerprint density at radius 3 is 2.58 bits per heavy atom. The number of Topliss-reactive ketones (excluding diaryl/α,β-unsaturated/α-hetero) is 1. The van der Waals surface area contributed by atoms with Gasteiger partial charge in [0.05, 0.1) is 13.1 Å². The summed E-state index contributed by atoms with van der Waals surface area (Å²) in [6.07, 6.45) is 0. The zero-order valence-corrected chi connectivity index (χ0v) is 11.3. The minimum Gasteiger partial charge on any atom is -0.355 e. The van der Waals surface area contributed by atoms with Gasteiger partial charge in [0.2, 0.25) is 5.91 Å². The third-order valence-corrected chi connectivity index (χ3v) is 2.70. The van der Waals surface area contributed by atoms with E-state index < -0.39 is 5.82 Å². The highest BCUT2D eigenvalue weighted by atomic mass is 19.1. The van der Waals surface area contributed by atoms with Crippen LogP contribution in [0.2, 0.25) is 0 Å². The van der Waals surface area contributed by atoms with Gasteiger partial charge >= 0.3 is 0 Å². The minimum absolute atomic E-state index is 0.108. The van der Waals surface area contributed by atoms with Crippen molar-refractivity contribution in [1.29, 1.82) is 0 Å². The molecule has 0 atom stereocenters. The lowest BCUT2D eigenvalue weighted by Crippen LogP contribution is -2.39. The Balaban J connectivity index is 2.60. The van der Waals surface area contributed by atoms with Gasteiger partial charge in [-0.2, -0.15) is 0 Å². The van der Waals surface area contributed by atoms with Crippen molar-refractivity contribution in [3.05, 3.63) is 35.6 Å². The van der Waals surface area contributed by atoms with Gasteiger partial charge in [-0.25, -0.2) is 4.39 Å². The number of carbonyl (C=O) groups excluding carboxylic acids is 2. The first-order valence-corrected chi connectivity index (χ1v) is 6.34. The molecule has 0 aliphatic carbocycles. The van der Waals surface area contributed by atoms with Crippen LogP contribution >= 0.6 is 0 Å². The van der Waals surface area contributed by atoms with Gasteiger partial charge in [-0.05, 0) is 25.6 Å². The second-order valence-electron chi connectivity index (χ2n) is 4.19. The molecule has 0 aliphatic heterocycles. The number of hydrogen-bond donors (Lipinski definition) is 1. The molecule has 0 saturated heterocycles. The van der Waals surface area contributed by atoms with Crippen LogP contribution in [0.1, 0.15) is 24.2 Å². The van der Waals surface area contributed by atoms with E-state index in [1.807, 2.05) is 13.8 Å². The van der Waals surface area contributed by atoms with E-state index in [2.05, 4.69) is 5.32 Å². The maximum Gasteiger partial charge on any atom is 0.234 e. The number of halogens is 1. The largest absolute Gasteiger partial charge is 0.355 e. The Morgan fingerprint density at radius 1 is 1.26 bits per heavy atom. The van der Waals surface area contributed by atoms with E-state index >= 15 is 0 Å². The quantitative estimate of drug-likeness (QED) is 0.760. The van der Waals surface area contributed by atoms with Crippen molar-refractivity contribution in [1.82, 2.24) is 10.2 Å². The lowest BCUT2D eigenvalue weighted by molar-refractivity contribution is -0.121. The van der Waals surface area contributed by atoms with Gasteiger partial charge < -0.3 is 5.32 Å². The number of nitrogens with zero attached hydrogens (tertiary/aromatic N) is 1. The number of ketones is 1. The van der Waals surface area contributed by atoms with E-state index in [1.165, 1.54) is 18.2 Å². The number of nitrogens with one attached hydrogen (secondary N) is 1. The van der Waals surface area contributed by atoms with Gasteiger partial charge in [0.1, 0.15) is 5.82 Å². The molecule has 0 fully saturated rings. The van der Waals surface area contributed by atoms with Crippen LogP contribution in [0.5, 0.6) is 0 Å². The number of hydrogen-bond acceptors (Lipinski definition) is 3. The Bertz CT molecular complexity index is 449. The Labute approximate surface area is 112 Å². The molecule has 0 heterocycles. The van der Waals surface area contributed by atoms with Crippen molar-refractivity contribution in [2.45, 2.75) is 13.8 Å². The fourth-order valence-corrected chi connectivity index (χ4v) is 1.69. The zero-order valence-electron chi connectivity index (χ0n) is 11.3. The fraction of sp³-hybridized carbons (Fsp3) is 0.429. The predicted molar refractivity (Wildman–Crippen MR) is 71.5 cm³/mol. The second-order valence-corrected chi connectivity index (χ2v) is 4.19.